The van der Waals surface area contributed by atoms with E-state index >= 15 is 0 Å². The molecule has 7 N–H and O–H groups in total. The Kier molecular flexibility index (Phi) is 13.8. The smallest absolute Gasteiger partial charge is 0.0441 e. The molecule has 0 aliphatic heterocycles. The molecule has 0 bridgehead atoms. The molecule has 4 aliphatic rings. The molecule has 2 aromatic rings. The van der Waals surface area contributed by atoms with Crippen molar-refractivity contribution in [3.63, 3.8) is 0 Å². The van der Waals surface area contributed by atoms with Gasteiger partial charge in [0.25, 0.3) is 0 Å². The number of aryl methyl sites for hydroxylation is 3. The Morgan fingerprint density at radius 1 is 0.808 bits per heavy atom. The van der Waals surface area contributed by atoms with E-state index in [-0.39, 0.29) is 27.7 Å². The molecular weight excluding hydrogens is 633 g/mol. The summed E-state index contributed by atoms with van der Waals surface area (Å²) in [7, 11) is 0. The van der Waals surface area contributed by atoms with Crippen LogP contribution in [0.4, 0.5) is 5.69 Å². The van der Waals surface area contributed by atoms with Crippen molar-refractivity contribution < 1.29 is 0 Å². The number of nitrogens with one attached hydrogen (secondary N) is 1. The third-order valence-electron chi connectivity index (χ3n) is 14.6. The third kappa shape index (κ3) is 8.00. The van der Waals surface area contributed by atoms with E-state index < -0.39 is 0 Å². The number of fused-ring (bicyclic) bond motifs is 6. The number of nitrogens with two attached hydrogens (primary N) is 3. The largest absolute Gasteiger partial charge is 0.402 e. The van der Waals surface area contributed by atoms with Gasteiger partial charge in [-0.25, -0.2) is 0 Å². The summed E-state index contributed by atoms with van der Waals surface area (Å²) >= 11 is 0. The molecule has 288 valence electrons. The lowest BCUT2D eigenvalue weighted by molar-refractivity contribution is 0.0525. The minimum Gasteiger partial charge on any atom is -0.402 e. The van der Waals surface area contributed by atoms with Crippen LogP contribution >= 0.6 is 0 Å². The van der Waals surface area contributed by atoms with Crippen molar-refractivity contribution in [2.24, 2.45) is 39.9 Å². The highest BCUT2D eigenvalue weighted by atomic mass is 14.9. The third-order valence-corrected chi connectivity index (χ3v) is 14.6. The van der Waals surface area contributed by atoms with E-state index in [0.29, 0.717) is 11.8 Å². The highest BCUT2D eigenvalue weighted by Gasteiger charge is 2.53. The maximum atomic E-state index is 6.35. The Hall–Kier alpha value is -2.82. The van der Waals surface area contributed by atoms with E-state index in [4.69, 9.17) is 17.2 Å². The van der Waals surface area contributed by atoms with Crippen LogP contribution in [0.1, 0.15) is 153 Å². The van der Waals surface area contributed by atoms with Gasteiger partial charge in [0.2, 0.25) is 0 Å². The van der Waals surface area contributed by atoms with Crippen molar-refractivity contribution >= 4 is 5.69 Å². The molecule has 0 amide bonds. The Bertz CT molecular complexity index is 1570. The molecule has 0 spiro atoms. The van der Waals surface area contributed by atoms with Crippen molar-refractivity contribution in [1.29, 1.82) is 0 Å². The molecule has 5 unspecified atom stereocenters. The second-order valence-electron chi connectivity index (χ2n) is 17.6. The van der Waals surface area contributed by atoms with E-state index in [2.05, 4.69) is 103 Å². The highest BCUT2D eigenvalue weighted by molar-refractivity contribution is 5.56. The van der Waals surface area contributed by atoms with Gasteiger partial charge in [0.15, 0.2) is 0 Å². The minimum atomic E-state index is -0.0400. The average Bonchev–Trinajstić information content (AvgIpc) is 3.12. The number of anilines is 1. The van der Waals surface area contributed by atoms with Gasteiger partial charge in [-0.3, -0.25) is 0 Å². The molecule has 6 rings (SSSR count). The molecule has 4 heteroatoms. The molecule has 4 aliphatic carbocycles. The van der Waals surface area contributed by atoms with Crippen molar-refractivity contribution in [1.82, 2.24) is 0 Å². The van der Waals surface area contributed by atoms with Crippen molar-refractivity contribution in [3.05, 3.63) is 101 Å². The molecule has 52 heavy (non-hydrogen) atoms. The zero-order valence-electron chi connectivity index (χ0n) is 34.7. The summed E-state index contributed by atoms with van der Waals surface area (Å²) in [5.74, 6) is 1.30. The van der Waals surface area contributed by atoms with Gasteiger partial charge in [0, 0.05) is 28.5 Å². The fourth-order valence-electron chi connectivity index (χ4n) is 11.3. The summed E-state index contributed by atoms with van der Waals surface area (Å²) in [6.07, 6.45) is 16.5. The summed E-state index contributed by atoms with van der Waals surface area (Å²) in [4.78, 5) is 0. The number of benzene rings is 2. The van der Waals surface area contributed by atoms with E-state index in [1.54, 1.807) is 11.1 Å². The van der Waals surface area contributed by atoms with Crippen LogP contribution in [0.15, 0.2) is 73.1 Å². The predicted molar refractivity (Wildman–Crippen MR) is 228 cm³/mol. The van der Waals surface area contributed by atoms with Crippen LogP contribution < -0.4 is 22.5 Å². The zero-order valence-corrected chi connectivity index (χ0v) is 34.7. The van der Waals surface area contributed by atoms with Crippen molar-refractivity contribution in [3.8, 4) is 0 Å². The van der Waals surface area contributed by atoms with E-state index in [0.717, 1.165) is 49.3 Å². The van der Waals surface area contributed by atoms with Crippen LogP contribution in [0.5, 0.6) is 0 Å². The monoisotopic (exact) mass is 709 g/mol. The van der Waals surface area contributed by atoms with Gasteiger partial charge in [-0.2, -0.15) is 0 Å². The number of rotatable bonds is 10. The lowest BCUT2D eigenvalue weighted by Crippen LogP contribution is -2.50. The number of unbranched alkanes of at least 4 members (excludes halogenated alkanes) is 1. The molecule has 0 heterocycles. The van der Waals surface area contributed by atoms with Crippen molar-refractivity contribution in [2.45, 2.75) is 162 Å². The summed E-state index contributed by atoms with van der Waals surface area (Å²) in [6, 6.07) is 13.9. The molecule has 7 atom stereocenters. The predicted octanol–water partition coefficient (Wildman–Crippen LogP) is 11.5. The first-order valence-corrected chi connectivity index (χ1v) is 20.9. The number of hydrogen-bond acceptors (Lipinski definition) is 4. The lowest BCUT2D eigenvalue weighted by Gasteiger charge is -2.56. The first-order valence-electron chi connectivity index (χ1n) is 20.9. The normalized spacial score (nSPS) is 30.7. The maximum Gasteiger partial charge on any atom is 0.0441 e. The fraction of sp³-hybridized carbons (Fsp3) is 0.625. The summed E-state index contributed by atoms with van der Waals surface area (Å²) in [6.45, 7) is 31.8. The SMILES string of the molecule is C=C(N)[C@@]1(C)CCCC2(C)c3cc(C)ccc3CCC21.C=C(Nc1ccc2c(c1)C1(C)CCC[C@](C)(C(=C)CC)C1CC2)C(N)CCCCN.CC. The molecule has 0 saturated heterocycles. The lowest BCUT2D eigenvalue weighted by atomic mass is 9.48. The second-order valence-corrected chi connectivity index (χ2v) is 17.6. The van der Waals surface area contributed by atoms with Gasteiger partial charge in [-0.1, -0.05) is 123 Å². The Labute approximate surface area is 319 Å². The highest BCUT2D eigenvalue weighted by Crippen LogP contribution is 2.61. The Balaban J connectivity index is 0.000000238. The van der Waals surface area contributed by atoms with Gasteiger partial charge in [-0.15, -0.1) is 0 Å². The standard InChI is InChI=1S/C27H43N3.C19H27N.C2H6/c1-6-19(2)26(4)15-9-16-27(5)23-18-22(13-11-21(23)12-14-25(26)27)30-20(3)24(29)10-7-8-17-28;1-13-6-7-15-8-9-17-18(3,14(2)20)10-5-11-19(17,4)16(15)12-13;1-2/h11,13,18,24-25,30H,2-3,6-10,12,14-17,28-29H2,1,4-5H3;6-7,12,17H,2,5,8-11,20H2,1,3-4H3;1-2H3/t24?,25?,26-,27?;17?,18-,19?;/m11./s1. The van der Waals surface area contributed by atoms with Crippen LogP contribution in [-0.2, 0) is 23.7 Å². The first kappa shape index (κ1) is 41.9. The molecule has 0 radical (unpaired) electrons. The zero-order chi connectivity index (χ0) is 38.5. The van der Waals surface area contributed by atoms with Gasteiger partial charge < -0.3 is 22.5 Å². The molecular formula is C48H76N4. The van der Waals surface area contributed by atoms with Crippen LogP contribution in [0.3, 0.4) is 0 Å². The Morgan fingerprint density at radius 2 is 1.35 bits per heavy atom. The number of allylic oxidation sites excluding steroid dienone is 2. The van der Waals surface area contributed by atoms with Crippen LogP contribution in [0, 0.1) is 29.6 Å². The minimum absolute atomic E-state index is 0.0400. The van der Waals surface area contributed by atoms with Crippen LogP contribution in [0.25, 0.3) is 0 Å². The Morgan fingerprint density at radius 3 is 1.90 bits per heavy atom. The maximum absolute atomic E-state index is 6.35. The van der Waals surface area contributed by atoms with E-state index in [9.17, 15) is 0 Å². The van der Waals surface area contributed by atoms with Crippen molar-refractivity contribution in [2.75, 3.05) is 11.9 Å². The van der Waals surface area contributed by atoms with Gasteiger partial charge in [-0.05, 0) is 147 Å². The summed E-state index contributed by atoms with van der Waals surface area (Å²) < 4.78 is 0. The quantitative estimate of drug-likeness (QED) is 0.146. The molecule has 4 nitrogen and oxygen atoms in total. The molecule has 2 saturated carbocycles. The topological polar surface area (TPSA) is 90.1 Å². The molecule has 0 aromatic heterocycles. The molecule has 2 aromatic carbocycles. The second kappa shape index (κ2) is 17.1. The van der Waals surface area contributed by atoms with Crippen LogP contribution in [0.2, 0.25) is 0 Å². The number of hydrogen-bond donors (Lipinski definition) is 4. The van der Waals surface area contributed by atoms with E-state index in [1.807, 2.05) is 13.8 Å². The van der Waals surface area contributed by atoms with Crippen LogP contribution in [-0.4, -0.2) is 12.6 Å². The summed E-state index contributed by atoms with van der Waals surface area (Å²) in [5.41, 5.74) is 30.9. The first-order chi connectivity index (χ1) is 24.6. The fourth-order valence-corrected chi connectivity index (χ4v) is 11.3. The van der Waals surface area contributed by atoms with Gasteiger partial charge in [0.05, 0.1) is 0 Å². The summed E-state index contributed by atoms with van der Waals surface area (Å²) in [5, 5.41) is 3.52. The van der Waals surface area contributed by atoms with Gasteiger partial charge >= 0.3 is 0 Å². The van der Waals surface area contributed by atoms with Gasteiger partial charge in [0.1, 0.15) is 0 Å². The molecule has 2 fully saturated rings. The average molecular weight is 709 g/mol. The van der Waals surface area contributed by atoms with E-state index in [1.165, 1.54) is 86.5 Å².